The van der Waals surface area contributed by atoms with Crippen molar-refractivity contribution in [2.24, 2.45) is 5.92 Å². The summed E-state index contributed by atoms with van der Waals surface area (Å²) in [6, 6.07) is 8.21. The summed E-state index contributed by atoms with van der Waals surface area (Å²) in [7, 11) is 0. The summed E-state index contributed by atoms with van der Waals surface area (Å²) in [5, 5.41) is 13.6. The second-order valence-electron chi connectivity index (χ2n) is 6.07. The monoisotopic (exact) mass is 354 g/mol. The van der Waals surface area contributed by atoms with Gasteiger partial charge in [0.05, 0.1) is 0 Å². The summed E-state index contributed by atoms with van der Waals surface area (Å²) < 4.78 is 6.63. The van der Waals surface area contributed by atoms with Gasteiger partial charge in [0, 0.05) is 23.6 Å². The van der Waals surface area contributed by atoms with Crippen LogP contribution >= 0.6 is 15.9 Å². The van der Waals surface area contributed by atoms with E-state index in [4.69, 9.17) is 4.74 Å². The van der Waals surface area contributed by atoms with E-state index in [1.165, 1.54) is 25.9 Å². The van der Waals surface area contributed by atoms with Crippen LogP contribution in [0, 0.1) is 5.92 Å². The van der Waals surface area contributed by atoms with E-state index in [1.807, 2.05) is 24.3 Å². The number of nitrogens with one attached hydrogen (secondary N) is 1. The number of nitrogens with zero attached hydrogens (tertiary/aromatic N) is 1. The molecule has 116 valence electrons. The lowest BCUT2D eigenvalue weighted by atomic mass is 9.84. The molecule has 2 unspecified atom stereocenters. The van der Waals surface area contributed by atoms with Crippen molar-refractivity contribution in [3.05, 3.63) is 28.7 Å². The maximum Gasteiger partial charge on any atom is 0.119 e. The highest BCUT2D eigenvalue weighted by molar-refractivity contribution is 9.10. The minimum absolute atomic E-state index is 0.329. The van der Waals surface area contributed by atoms with Gasteiger partial charge in [-0.1, -0.05) is 15.9 Å². The van der Waals surface area contributed by atoms with E-state index in [9.17, 15) is 5.11 Å². The number of hydrogen-bond donors (Lipinski definition) is 2. The molecule has 1 aromatic carbocycles. The van der Waals surface area contributed by atoms with Gasteiger partial charge in [-0.15, -0.1) is 0 Å². The van der Waals surface area contributed by atoms with Crippen LogP contribution in [0.25, 0.3) is 0 Å². The van der Waals surface area contributed by atoms with Crippen molar-refractivity contribution in [3.8, 4) is 5.75 Å². The van der Waals surface area contributed by atoms with Gasteiger partial charge in [0.1, 0.15) is 18.5 Å². The fourth-order valence-corrected chi connectivity index (χ4v) is 3.53. The van der Waals surface area contributed by atoms with E-state index in [-0.39, 0.29) is 0 Å². The molecule has 21 heavy (non-hydrogen) atoms. The quantitative estimate of drug-likeness (QED) is 0.818. The molecule has 0 saturated carbocycles. The van der Waals surface area contributed by atoms with Crippen LogP contribution in [0.5, 0.6) is 5.75 Å². The Morgan fingerprint density at radius 2 is 2.00 bits per heavy atom. The first-order valence-corrected chi connectivity index (χ1v) is 8.52. The molecule has 5 heteroatoms. The molecule has 4 rings (SSSR count). The number of fused-ring (bicyclic) bond motifs is 3. The fourth-order valence-electron chi connectivity index (χ4n) is 3.27. The summed E-state index contributed by atoms with van der Waals surface area (Å²) in [5.41, 5.74) is 0. The van der Waals surface area contributed by atoms with E-state index >= 15 is 0 Å². The number of benzene rings is 1. The van der Waals surface area contributed by atoms with E-state index in [1.54, 1.807) is 0 Å². The molecule has 0 aromatic heterocycles. The summed E-state index contributed by atoms with van der Waals surface area (Å²) in [4.78, 5) is 2.52. The topological polar surface area (TPSA) is 44.7 Å². The molecule has 3 heterocycles. The molecule has 4 nitrogen and oxygen atoms in total. The minimum Gasteiger partial charge on any atom is -0.491 e. The van der Waals surface area contributed by atoms with Gasteiger partial charge in [-0.2, -0.15) is 0 Å². The normalized spacial score (nSPS) is 29.3. The van der Waals surface area contributed by atoms with Gasteiger partial charge >= 0.3 is 0 Å². The SMILES string of the molecule is OC(CNC1CN2CCC1CC2)COc1ccc(Br)cc1. The van der Waals surface area contributed by atoms with Gasteiger partial charge < -0.3 is 20.1 Å². The largest absolute Gasteiger partial charge is 0.491 e. The standard InChI is InChI=1S/C16H23BrN2O2/c17-13-1-3-15(4-2-13)21-11-14(20)9-18-16-10-19-7-5-12(16)6-8-19/h1-4,12,14,16,18,20H,5-11H2. The Balaban J connectivity index is 1.38. The van der Waals surface area contributed by atoms with Crippen LogP contribution in [-0.2, 0) is 0 Å². The Morgan fingerprint density at radius 3 is 2.62 bits per heavy atom. The van der Waals surface area contributed by atoms with Gasteiger partial charge in [0.25, 0.3) is 0 Å². The van der Waals surface area contributed by atoms with E-state index < -0.39 is 6.10 Å². The maximum atomic E-state index is 10.1. The van der Waals surface area contributed by atoms with Crippen molar-refractivity contribution in [1.29, 1.82) is 0 Å². The Morgan fingerprint density at radius 1 is 1.29 bits per heavy atom. The Labute approximate surface area is 134 Å². The van der Waals surface area contributed by atoms with E-state index in [2.05, 4.69) is 26.1 Å². The van der Waals surface area contributed by atoms with Gasteiger partial charge in [-0.05, 0) is 56.1 Å². The van der Waals surface area contributed by atoms with Crippen LogP contribution in [-0.4, -0.2) is 54.9 Å². The van der Waals surface area contributed by atoms with E-state index in [0.29, 0.717) is 19.2 Å². The third kappa shape index (κ3) is 4.19. The number of halogens is 1. The van der Waals surface area contributed by atoms with E-state index in [0.717, 1.165) is 22.7 Å². The Kier molecular flexibility index (Phi) is 5.16. The number of aliphatic hydroxyl groups is 1. The van der Waals surface area contributed by atoms with Crippen LogP contribution in [0.2, 0.25) is 0 Å². The first kappa shape index (κ1) is 15.3. The molecule has 3 saturated heterocycles. The van der Waals surface area contributed by atoms with Crippen LogP contribution in [0.1, 0.15) is 12.8 Å². The molecular formula is C16H23BrN2O2. The van der Waals surface area contributed by atoms with Crippen LogP contribution in [0.4, 0.5) is 0 Å². The average Bonchev–Trinajstić information content (AvgIpc) is 2.53. The first-order valence-electron chi connectivity index (χ1n) is 7.73. The molecule has 0 radical (unpaired) electrons. The molecule has 2 bridgehead atoms. The van der Waals surface area contributed by atoms with Crippen molar-refractivity contribution in [3.63, 3.8) is 0 Å². The third-order valence-corrected chi connectivity index (χ3v) is 5.06. The highest BCUT2D eigenvalue weighted by atomic mass is 79.9. The lowest BCUT2D eigenvalue weighted by Gasteiger charge is -2.45. The number of hydrogen-bond acceptors (Lipinski definition) is 4. The summed E-state index contributed by atoms with van der Waals surface area (Å²) in [5.74, 6) is 1.58. The maximum absolute atomic E-state index is 10.1. The summed E-state index contributed by atoms with van der Waals surface area (Å²) >= 11 is 3.39. The number of ether oxygens (including phenoxy) is 1. The number of rotatable bonds is 6. The smallest absolute Gasteiger partial charge is 0.119 e. The second kappa shape index (κ2) is 7.09. The Hall–Kier alpha value is -0.620. The molecule has 1 aromatic rings. The molecule has 0 spiro atoms. The highest BCUT2D eigenvalue weighted by Gasteiger charge is 2.33. The van der Waals surface area contributed by atoms with Crippen LogP contribution in [0.15, 0.2) is 28.7 Å². The molecule has 2 N–H and O–H groups in total. The molecule has 3 aliphatic heterocycles. The van der Waals surface area contributed by atoms with Gasteiger partial charge in [0.15, 0.2) is 0 Å². The highest BCUT2D eigenvalue weighted by Crippen LogP contribution is 2.27. The lowest BCUT2D eigenvalue weighted by Crippen LogP contribution is -2.57. The van der Waals surface area contributed by atoms with Gasteiger partial charge in [0.2, 0.25) is 0 Å². The summed E-state index contributed by atoms with van der Waals surface area (Å²) in [6.07, 6.45) is 2.12. The molecule has 3 aliphatic rings. The molecule has 2 atom stereocenters. The Bertz CT molecular complexity index is 446. The van der Waals surface area contributed by atoms with Crippen molar-refractivity contribution in [1.82, 2.24) is 10.2 Å². The van der Waals surface area contributed by atoms with Crippen molar-refractivity contribution in [2.45, 2.75) is 25.0 Å². The lowest BCUT2D eigenvalue weighted by molar-refractivity contribution is 0.0551. The fraction of sp³-hybridized carbons (Fsp3) is 0.625. The van der Waals surface area contributed by atoms with Gasteiger partial charge in [-0.25, -0.2) is 0 Å². The van der Waals surface area contributed by atoms with Crippen LogP contribution in [0.3, 0.4) is 0 Å². The van der Waals surface area contributed by atoms with Crippen molar-refractivity contribution < 1.29 is 9.84 Å². The van der Waals surface area contributed by atoms with Crippen molar-refractivity contribution in [2.75, 3.05) is 32.8 Å². The molecule has 0 aliphatic carbocycles. The predicted molar refractivity (Wildman–Crippen MR) is 86.6 cm³/mol. The zero-order chi connectivity index (χ0) is 14.7. The predicted octanol–water partition coefficient (Wildman–Crippen LogP) is 1.87. The zero-order valence-corrected chi connectivity index (χ0v) is 13.8. The van der Waals surface area contributed by atoms with Gasteiger partial charge in [-0.3, -0.25) is 0 Å². The average molecular weight is 355 g/mol. The van der Waals surface area contributed by atoms with Crippen LogP contribution < -0.4 is 10.1 Å². The molecule has 0 amide bonds. The number of aliphatic hydroxyl groups excluding tert-OH is 1. The molecule has 3 fully saturated rings. The molecular weight excluding hydrogens is 332 g/mol. The second-order valence-corrected chi connectivity index (χ2v) is 6.99. The van der Waals surface area contributed by atoms with Crippen molar-refractivity contribution >= 4 is 15.9 Å². The number of piperidine rings is 3. The third-order valence-electron chi connectivity index (χ3n) is 4.53. The minimum atomic E-state index is -0.468. The zero-order valence-electron chi connectivity index (χ0n) is 12.2. The summed E-state index contributed by atoms with van der Waals surface area (Å²) in [6.45, 7) is 4.56. The first-order chi connectivity index (χ1) is 10.2.